The molecule has 1 aliphatic carbocycles. The zero-order valence-corrected chi connectivity index (χ0v) is 16.3. The van der Waals surface area contributed by atoms with Crippen LogP contribution in [0.2, 0.25) is 4.22 Å². The van der Waals surface area contributed by atoms with Crippen LogP contribution in [0, 0.1) is 0 Å². The van der Waals surface area contributed by atoms with Crippen LogP contribution in [-0.4, -0.2) is 24.5 Å². The topological polar surface area (TPSA) is 3.24 Å². The Balaban J connectivity index is -0.000000853. The van der Waals surface area contributed by atoms with Crippen LogP contribution < -0.4 is 37.2 Å². The number of rotatable bonds is 5. The molecule has 5 heteroatoms. The van der Waals surface area contributed by atoms with E-state index in [9.17, 15) is 0 Å². The van der Waals surface area contributed by atoms with E-state index in [-0.39, 0.29) is 37.2 Å². The minimum absolute atomic E-state index is 0. The number of allylic oxidation sites excluding steroid dienone is 3. The maximum Gasteiger partial charge on any atom is -1.00 e. The summed E-state index contributed by atoms with van der Waals surface area (Å²) >= 11 is 2.35. The monoisotopic (exact) mass is 359 g/mol. The summed E-state index contributed by atoms with van der Waals surface area (Å²) in [4.78, 5) is 2.51. The Morgan fingerprint density at radius 1 is 0.947 bits per heavy atom. The van der Waals surface area contributed by atoms with Crippen molar-refractivity contribution in [3.8, 4) is 0 Å². The molecule has 0 aromatic heterocycles. The van der Waals surface area contributed by atoms with Crippen LogP contribution in [0.5, 0.6) is 0 Å². The maximum atomic E-state index is 2.51. The summed E-state index contributed by atoms with van der Waals surface area (Å²) < 4.78 is 0.676. The average Bonchev–Trinajstić information content (AvgIpc) is 2.47. The van der Waals surface area contributed by atoms with Crippen LogP contribution in [-0.2, 0) is 20.4 Å². The second-order valence-corrected chi connectivity index (χ2v) is 5.57. The molecule has 1 atom stereocenters. The fourth-order valence-corrected chi connectivity index (χ4v) is 3.28. The van der Waals surface area contributed by atoms with Crippen molar-refractivity contribution in [3.05, 3.63) is 22.3 Å². The minimum Gasteiger partial charge on any atom is -1.00 e. The molecule has 1 aliphatic rings. The van der Waals surface area contributed by atoms with Crippen LogP contribution >= 0.6 is 0 Å². The van der Waals surface area contributed by atoms with Crippen LogP contribution in [0.3, 0.4) is 0 Å². The van der Waals surface area contributed by atoms with E-state index in [0.717, 1.165) is 0 Å². The van der Waals surface area contributed by atoms with Gasteiger partial charge >= 0.3 is 113 Å². The van der Waals surface area contributed by atoms with Crippen LogP contribution in [0.15, 0.2) is 22.3 Å². The summed E-state index contributed by atoms with van der Waals surface area (Å²) in [5.74, 6) is 0. The number of hydrogen-bond donors (Lipinski definition) is 0. The summed E-state index contributed by atoms with van der Waals surface area (Å²) in [5.41, 5.74) is 6.33. The molecule has 0 N–H and O–H groups in total. The number of halogens is 3. The summed E-state index contributed by atoms with van der Waals surface area (Å²) in [6, 6.07) is 0. The third kappa shape index (κ3) is 6.12. The third-order valence-corrected chi connectivity index (χ3v) is 5.23. The number of hydrogen-bond acceptors (Lipinski definition) is 1. The van der Waals surface area contributed by atoms with E-state index in [2.05, 4.69) is 60.0 Å². The van der Waals surface area contributed by atoms with E-state index in [0.29, 0.717) is 4.22 Å². The summed E-state index contributed by atoms with van der Waals surface area (Å²) in [5, 5.41) is 0. The third-order valence-electron chi connectivity index (χ3n) is 4.01. The molecule has 1 nitrogen and oxygen atoms in total. The van der Waals surface area contributed by atoms with Crippen molar-refractivity contribution < 1.29 is 57.7 Å². The van der Waals surface area contributed by atoms with Crippen LogP contribution in [0.25, 0.3) is 0 Å². The molecule has 0 heterocycles. The van der Waals surface area contributed by atoms with Gasteiger partial charge in [-0.1, -0.05) is 0 Å². The Hall–Kier alpha value is 1.02. The molecule has 0 spiro atoms. The Morgan fingerprint density at radius 2 is 1.42 bits per heavy atom. The largest absolute Gasteiger partial charge is 1.00 e. The smallest absolute Gasteiger partial charge is 1.00 e. The SMILES string of the molecule is CCN(CC)CCC1=C(C)C(C)=C(C)[CH]1[Ti+3].[Cl-].[Cl-].[Cl-]. The van der Waals surface area contributed by atoms with E-state index in [4.69, 9.17) is 0 Å². The van der Waals surface area contributed by atoms with Crippen LogP contribution in [0.4, 0.5) is 0 Å². The summed E-state index contributed by atoms with van der Waals surface area (Å²) in [7, 11) is 0. The van der Waals surface area contributed by atoms with Crippen molar-refractivity contribution in [1.29, 1.82) is 0 Å². The first-order valence-electron chi connectivity index (χ1n) is 6.33. The molecule has 0 saturated heterocycles. The normalized spacial score (nSPS) is 18.2. The fourth-order valence-electron chi connectivity index (χ4n) is 2.38. The van der Waals surface area contributed by atoms with Gasteiger partial charge in [-0.25, -0.2) is 0 Å². The summed E-state index contributed by atoms with van der Waals surface area (Å²) in [6.07, 6.45) is 1.24. The van der Waals surface area contributed by atoms with E-state index in [1.807, 2.05) is 0 Å². The Labute approximate surface area is 149 Å². The van der Waals surface area contributed by atoms with Gasteiger partial charge in [0.05, 0.1) is 0 Å². The summed E-state index contributed by atoms with van der Waals surface area (Å²) in [6.45, 7) is 14.9. The Kier molecular flexibility index (Phi) is 15.3. The van der Waals surface area contributed by atoms with Crippen molar-refractivity contribution in [1.82, 2.24) is 4.90 Å². The number of nitrogens with zero attached hydrogens (tertiary/aromatic N) is 1. The van der Waals surface area contributed by atoms with Gasteiger partial charge in [0, 0.05) is 0 Å². The zero-order valence-electron chi connectivity index (χ0n) is 12.5. The van der Waals surface area contributed by atoms with Gasteiger partial charge in [0.2, 0.25) is 0 Å². The predicted octanol–water partition coefficient (Wildman–Crippen LogP) is -5.27. The molecule has 0 aromatic rings. The molecule has 1 rings (SSSR count). The van der Waals surface area contributed by atoms with Gasteiger partial charge in [0.25, 0.3) is 0 Å². The quantitative estimate of drug-likeness (QED) is 0.443. The van der Waals surface area contributed by atoms with E-state index >= 15 is 0 Å². The van der Waals surface area contributed by atoms with E-state index in [1.54, 1.807) is 16.7 Å². The first-order chi connectivity index (χ1) is 7.52. The molecule has 0 aliphatic heterocycles. The molecule has 19 heavy (non-hydrogen) atoms. The van der Waals surface area contributed by atoms with Crippen molar-refractivity contribution in [2.75, 3.05) is 19.6 Å². The van der Waals surface area contributed by atoms with E-state index < -0.39 is 0 Å². The average molecular weight is 361 g/mol. The molecule has 0 saturated carbocycles. The molecule has 0 radical (unpaired) electrons. The van der Waals surface area contributed by atoms with Crippen molar-refractivity contribution in [2.45, 2.75) is 45.3 Å². The second kappa shape index (κ2) is 11.7. The molecule has 110 valence electrons. The van der Waals surface area contributed by atoms with Gasteiger partial charge in [0.1, 0.15) is 0 Å². The Bertz CT molecular complexity index is 323. The molecular weight excluding hydrogens is 336 g/mol. The van der Waals surface area contributed by atoms with Gasteiger partial charge in [-0.15, -0.1) is 0 Å². The minimum atomic E-state index is 0. The molecule has 1 unspecified atom stereocenters. The van der Waals surface area contributed by atoms with Crippen LogP contribution in [0.1, 0.15) is 41.0 Å². The predicted molar refractivity (Wildman–Crippen MR) is 67.2 cm³/mol. The molecule has 0 amide bonds. The first-order valence-corrected chi connectivity index (χ1v) is 7.23. The molecule has 0 fully saturated rings. The molecule has 0 bridgehead atoms. The van der Waals surface area contributed by atoms with Crippen molar-refractivity contribution in [2.24, 2.45) is 0 Å². The first kappa shape index (κ1) is 25.0. The zero-order chi connectivity index (χ0) is 12.3. The van der Waals surface area contributed by atoms with Gasteiger partial charge in [-0.05, 0) is 0 Å². The van der Waals surface area contributed by atoms with Crippen molar-refractivity contribution >= 4 is 0 Å². The van der Waals surface area contributed by atoms with E-state index in [1.165, 1.54) is 31.6 Å². The fraction of sp³-hybridized carbons (Fsp3) is 0.714. The standard InChI is InChI=1S/C14H24N.3ClH.Ti/c1-6-15(7-2)9-8-14-10-11(3)12(4)13(14)5;;;;/h10H,6-9H2,1-5H3;3*1H;/q;;;;+3/p-3. The second-order valence-electron chi connectivity index (χ2n) is 4.67. The maximum absolute atomic E-state index is 2.51. The van der Waals surface area contributed by atoms with Gasteiger partial charge in [0.15, 0.2) is 0 Å². The Morgan fingerprint density at radius 3 is 1.74 bits per heavy atom. The van der Waals surface area contributed by atoms with Gasteiger partial charge in [-0.3, -0.25) is 0 Å². The van der Waals surface area contributed by atoms with Gasteiger partial charge in [-0.2, -0.15) is 0 Å². The molecular formula is C14H24Cl3NTi. The van der Waals surface area contributed by atoms with Crippen molar-refractivity contribution in [3.63, 3.8) is 0 Å². The van der Waals surface area contributed by atoms with Gasteiger partial charge < -0.3 is 37.2 Å². The molecule has 0 aromatic carbocycles.